The lowest BCUT2D eigenvalue weighted by molar-refractivity contribution is -0.142. The van der Waals surface area contributed by atoms with Crippen molar-refractivity contribution >= 4 is 23.6 Å². The van der Waals surface area contributed by atoms with Crippen molar-refractivity contribution < 1.29 is 19.5 Å². The number of urea groups is 1. The number of aliphatic carboxylic acids is 1. The minimum Gasteiger partial charge on any atom is -0.481 e. The Morgan fingerprint density at radius 2 is 1.95 bits per heavy atom. The number of nitrogens with two attached hydrogens (primary N) is 1. The van der Waals surface area contributed by atoms with Crippen molar-refractivity contribution in [2.24, 2.45) is 17.6 Å². The first-order valence-electron chi connectivity index (χ1n) is 6.48. The van der Waals surface area contributed by atoms with E-state index in [9.17, 15) is 14.4 Å². The fourth-order valence-electron chi connectivity index (χ4n) is 1.74. The van der Waals surface area contributed by atoms with Gasteiger partial charge in [-0.1, -0.05) is 19.9 Å². The maximum absolute atomic E-state index is 11.7. The topological polar surface area (TPSA) is 122 Å². The zero-order valence-corrected chi connectivity index (χ0v) is 11.9. The van der Waals surface area contributed by atoms with E-state index >= 15 is 0 Å². The van der Waals surface area contributed by atoms with E-state index in [1.165, 1.54) is 12.1 Å². The molecule has 1 unspecified atom stereocenters. The number of carbonyl (C=O) groups excluding carboxylic acids is 2. The molecule has 1 atom stereocenters. The van der Waals surface area contributed by atoms with Crippen molar-refractivity contribution in [2.75, 3.05) is 11.9 Å². The summed E-state index contributed by atoms with van der Waals surface area (Å²) < 4.78 is 0. The molecule has 3 amide bonds. The molecule has 1 rings (SSSR count). The van der Waals surface area contributed by atoms with Crippen LogP contribution in [-0.2, 0) is 4.79 Å². The summed E-state index contributed by atoms with van der Waals surface area (Å²) >= 11 is 0. The van der Waals surface area contributed by atoms with Crippen molar-refractivity contribution in [3.63, 3.8) is 0 Å². The summed E-state index contributed by atoms with van der Waals surface area (Å²) in [6, 6.07) is 5.62. The van der Waals surface area contributed by atoms with Gasteiger partial charge in [0.1, 0.15) is 0 Å². The van der Waals surface area contributed by atoms with Gasteiger partial charge in [-0.2, -0.15) is 0 Å². The molecule has 1 aromatic rings. The van der Waals surface area contributed by atoms with Crippen LogP contribution in [0.4, 0.5) is 10.5 Å². The largest absolute Gasteiger partial charge is 0.481 e. The van der Waals surface area contributed by atoms with Crippen LogP contribution >= 0.6 is 0 Å². The number of anilines is 1. The molecule has 0 aromatic heterocycles. The molecule has 0 aliphatic heterocycles. The fraction of sp³-hybridized carbons (Fsp3) is 0.357. The van der Waals surface area contributed by atoms with E-state index in [0.29, 0.717) is 5.69 Å². The van der Waals surface area contributed by atoms with E-state index in [-0.39, 0.29) is 18.0 Å². The first kappa shape index (κ1) is 16.5. The first-order valence-corrected chi connectivity index (χ1v) is 6.48. The van der Waals surface area contributed by atoms with Gasteiger partial charge in [0.25, 0.3) is 0 Å². The molecular formula is C14H19N3O4. The Labute approximate surface area is 122 Å². The Kier molecular flexibility index (Phi) is 5.71. The van der Waals surface area contributed by atoms with Crippen LogP contribution in [-0.4, -0.2) is 29.6 Å². The number of carboxylic acids is 1. The van der Waals surface area contributed by atoms with Gasteiger partial charge in [-0.05, 0) is 24.1 Å². The lowest BCUT2D eigenvalue weighted by Crippen LogP contribution is -2.37. The lowest BCUT2D eigenvalue weighted by Gasteiger charge is -2.17. The number of benzene rings is 1. The molecule has 0 aliphatic rings. The molecule has 7 heteroatoms. The summed E-state index contributed by atoms with van der Waals surface area (Å²) in [6.45, 7) is 3.57. The Balaban J connectivity index is 2.60. The maximum Gasteiger partial charge on any atom is 0.319 e. The number of primary amides is 1. The van der Waals surface area contributed by atoms with Gasteiger partial charge in [0, 0.05) is 17.8 Å². The number of nitrogens with one attached hydrogen (secondary N) is 2. The highest BCUT2D eigenvalue weighted by Crippen LogP contribution is 2.11. The van der Waals surface area contributed by atoms with E-state index in [0.717, 1.165) is 0 Å². The Hall–Kier alpha value is -2.57. The van der Waals surface area contributed by atoms with Crippen LogP contribution in [0.5, 0.6) is 0 Å². The molecule has 0 saturated carbocycles. The van der Waals surface area contributed by atoms with Gasteiger partial charge < -0.3 is 21.5 Å². The minimum absolute atomic E-state index is 0.0222. The average molecular weight is 293 g/mol. The number of carboxylic acid groups (broad SMARTS) is 1. The van der Waals surface area contributed by atoms with E-state index in [4.69, 9.17) is 10.8 Å². The Bertz CT molecular complexity index is 543. The van der Waals surface area contributed by atoms with E-state index in [2.05, 4.69) is 10.6 Å². The van der Waals surface area contributed by atoms with E-state index in [1.807, 2.05) is 0 Å². The molecule has 0 spiro atoms. The second kappa shape index (κ2) is 7.28. The molecule has 0 saturated heterocycles. The molecule has 0 aliphatic carbocycles. The van der Waals surface area contributed by atoms with Gasteiger partial charge in [-0.3, -0.25) is 9.59 Å². The van der Waals surface area contributed by atoms with Crippen molar-refractivity contribution in [1.82, 2.24) is 5.32 Å². The summed E-state index contributed by atoms with van der Waals surface area (Å²) in [4.78, 5) is 33.8. The molecule has 0 fully saturated rings. The number of amides is 3. The third kappa shape index (κ3) is 5.13. The SMILES string of the molecule is CC(C)C(CNC(=O)Nc1cccc(C(N)=O)c1)C(=O)O. The van der Waals surface area contributed by atoms with Gasteiger partial charge in [-0.15, -0.1) is 0 Å². The highest BCUT2D eigenvalue weighted by atomic mass is 16.4. The summed E-state index contributed by atoms with van der Waals surface area (Å²) in [7, 11) is 0. The Morgan fingerprint density at radius 3 is 2.48 bits per heavy atom. The van der Waals surface area contributed by atoms with Crippen LogP contribution in [0.3, 0.4) is 0 Å². The van der Waals surface area contributed by atoms with Crippen LogP contribution in [0.2, 0.25) is 0 Å². The predicted molar refractivity (Wildman–Crippen MR) is 77.9 cm³/mol. The second-order valence-electron chi connectivity index (χ2n) is 4.97. The highest BCUT2D eigenvalue weighted by molar-refractivity contribution is 5.95. The normalized spacial score (nSPS) is 11.8. The van der Waals surface area contributed by atoms with Crippen LogP contribution in [0.25, 0.3) is 0 Å². The summed E-state index contributed by atoms with van der Waals surface area (Å²) in [6.07, 6.45) is 0. The zero-order chi connectivity index (χ0) is 16.0. The van der Waals surface area contributed by atoms with Crippen molar-refractivity contribution in [3.8, 4) is 0 Å². The Morgan fingerprint density at radius 1 is 1.29 bits per heavy atom. The van der Waals surface area contributed by atoms with Crippen LogP contribution in [0.1, 0.15) is 24.2 Å². The quantitative estimate of drug-likeness (QED) is 0.630. The van der Waals surface area contributed by atoms with Gasteiger partial charge >= 0.3 is 12.0 Å². The molecule has 0 radical (unpaired) electrons. The summed E-state index contributed by atoms with van der Waals surface area (Å²) in [5, 5.41) is 14.0. The molecule has 7 nitrogen and oxygen atoms in total. The third-order valence-electron chi connectivity index (χ3n) is 3.01. The van der Waals surface area contributed by atoms with Crippen molar-refractivity contribution in [3.05, 3.63) is 29.8 Å². The monoisotopic (exact) mass is 293 g/mol. The molecule has 21 heavy (non-hydrogen) atoms. The molecule has 0 heterocycles. The number of rotatable bonds is 6. The van der Waals surface area contributed by atoms with E-state index in [1.54, 1.807) is 26.0 Å². The molecular weight excluding hydrogens is 274 g/mol. The van der Waals surface area contributed by atoms with Crippen LogP contribution < -0.4 is 16.4 Å². The first-order chi connectivity index (χ1) is 9.81. The van der Waals surface area contributed by atoms with Gasteiger partial charge in [0.05, 0.1) is 5.92 Å². The lowest BCUT2D eigenvalue weighted by atomic mass is 9.96. The van der Waals surface area contributed by atoms with Crippen LogP contribution in [0, 0.1) is 11.8 Å². The summed E-state index contributed by atoms with van der Waals surface area (Å²) in [5.41, 5.74) is 5.83. The predicted octanol–water partition coefficient (Wildman–Crippen LogP) is 1.26. The minimum atomic E-state index is -0.957. The molecule has 114 valence electrons. The van der Waals surface area contributed by atoms with Crippen LogP contribution in [0.15, 0.2) is 24.3 Å². The molecule has 0 bridgehead atoms. The number of hydrogen-bond donors (Lipinski definition) is 4. The van der Waals surface area contributed by atoms with Gasteiger partial charge in [0.2, 0.25) is 5.91 Å². The van der Waals surface area contributed by atoms with Gasteiger partial charge in [-0.25, -0.2) is 4.79 Å². The molecule has 5 N–H and O–H groups in total. The highest BCUT2D eigenvalue weighted by Gasteiger charge is 2.21. The number of hydrogen-bond acceptors (Lipinski definition) is 3. The fourth-order valence-corrected chi connectivity index (χ4v) is 1.74. The smallest absolute Gasteiger partial charge is 0.319 e. The van der Waals surface area contributed by atoms with Crippen molar-refractivity contribution in [2.45, 2.75) is 13.8 Å². The number of carbonyl (C=O) groups is 3. The third-order valence-corrected chi connectivity index (χ3v) is 3.01. The standard InChI is InChI=1S/C14H19N3O4/c1-8(2)11(13(19)20)7-16-14(21)17-10-5-3-4-9(6-10)12(15)18/h3-6,8,11H,7H2,1-2H3,(H2,15,18)(H,19,20)(H2,16,17,21). The maximum atomic E-state index is 11.7. The molecule has 1 aromatic carbocycles. The van der Waals surface area contributed by atoms with Gasteiger partial charge in [0.15, 0.2) is 0 Å². The van der Waals surface area contributed by atoms with E-state index < -0.39 is 23.8 Å². The zero-order valence-electron chi connectivity index (χ0n) is 11.9. The summed E-state index contributed by atoms with van der Waals surface area (Å²) in [5.74, 6) is -2.31. The second-order valence-corrected chi connectivity index (χ2v) is 4.97. The van der Waals surface area contributed by atoms with Crippen molar-refractivity contribution in [1.29, 1.82) is 0 Å². The average Bonchev–Trinajstić information content (AvgIpc) is 2.38.